The van der Waals surface area contributed by atoms with Crippen molar-refractivity contribution in [2.24, 2.45) is 11.3 Å². The zero-order chi connectivity index (χ0) is 14.5. The first kappa shape index (κ1) is 14.2. The van der Waals surface area contributed by atoms with Gasteiger partial charge in [-0.1, -0.05) is 13.8 Å². The minimum Gasteiger partial charge on any atom is -0.388 e. The summed E-state index contributed by atoms with van der Waals surface area (Å²) in [5, 5.41) is 10.4. The van der Waals surface area contributed by atoms with Gasteiger partial charge in [-0.2, -0.15) is 0 Å². The van der Waals surface area contributed by atoms with Crippen LogP contribution in [0, 0.1) is 18.3 Å². The Morgan fingerprint density at radius 3 is 2.80 bits per heavy atom. The van der Waals surface area contributed by atoms with Crippen LogP contribution in [0.2, 0.25) is 0 Å². The van der Waals surface area contributed by atoms with Gasteiger partial charge in [0.25, 0.3) is 0 Å². The summed E-state index contributed by atoms with van der Waals surface area (Å²) in [6.07, 6.45) is 3.00. The Morgan fingerprint density at radius 1 is 1.40 bits per heavy atom. The summed E-state index contributed by atoms with van der Waals surface area (Å²) in [5.74, 6) is 0.761. The number of aryl methyl sites for hydroxylation is 1. The predicted molar refractivity (Wildman–Crippen MR) is 81.8 cm³/mol. The zero-order valence-electron chi connectivity index (χ0n) is 13.3. The van der Waals surface area contributed by atoms with E-state index in [4.69, 9.17) is 0 Å². The number of hydrogen-bond acceptors (Lipinski definition) is 2. The van der Waals surface area contributed by atoms with E-state index in [2.05, 4.69) is 43.4 Å². The molecule has 3 rings (SSSR count). The molecule has 1 aliphatic carbocycles. The van der Waals surface area contributed by atoms with Gasteiger partial charge in [0.2, 0.25) is 0 Å². The number of fused-ring (bicyclic) bond motifs is 1. The molecule has 3 heteroatoms. The Morgan fingerprint density at radius 2 is 2.15 bits per heavy atom. The molecule has 0 aromatic carbocycles. The topological polar surface area (TPSA) is 28.4 Å². The highest BCUT2D eigenvalue weighted by molar-refractivity contribution is 5.33. The maximum absolute atomic E-state index is 10.4. The van der Waals surface area contributed by atoms with E-state index in [-0.39, 0.29) is 11.5 Å². The molecule has 2 aliphatic rings. The van der Waals surface area contributed by atoms with Crippen LogP contribution in [-0.4, -0.2) is 34.7 Å². The van der Waals surface area contributed by atoms with Crippen molar-refractivity contribution in [1.82, 2.24) is 9.47 Å². The average Bonchev–Trinajstić information content (AvgIpc) is 2.86. The summed E-state index contributed by atoms with van der Waals surface area (Å²) in [6.45, 7) is 10.3. The summed E-state index contributed by atoms with van der Waals surface area (Å²) in [5.41, 5.74) is 4.11. The van der Waals surface area contributed by atoms with Crippen LogP contribution in [0.3, 0.4) is 0 Å². The van der Waals surface area contributed by atoms with Gasteiger partial charge >= 0.3 is 0 Å². The average molecular weight is 276 g/mol. The van der Waals surface area contributed by atoms with E-state index in [0.717, 1.165) is 25.3 Å². The monoisotopic (exact) mass is 276 g/mol. The molecule has 3 nitrogen and oxygen atoms in total. The van der Waals surface area contributed by atoms with Crippen LogP contribution in [0.1, 0.15) is 49.7 Å². The maximum Gasteiger partial charge on any atom is 0.0812 e. The molecule has 1 aromatic rings. The van der Waals surface area contributed by atoms with E-state index in [0.29, 0.717) is 0 Å². The lowest BCUT2D eigenvalue weighted by Crippen LogP contribution is -2.28. The Kier molecular flexibility index (Phi) is 3.46. The molecule has 0 spiro atoms. The number of likely N-dealkylation sites (tertiary alicyclic amines) is 1. The Hall–Kier alpha value is -0.800. The quantitative estimate of drug-likeness (QED) is 0.899. The standard InChI is InChI=1S/C17H28N2O/c1-12-7-14-15(8-17(2,3)9-16(14)20)19(12)11-13-5-6-18(4)10-13/h7,13,16,20H,5-6,8-11H2,1-4H3. The normalized spacial score (nSPS) is 29.6. The Bertz CT molecular complexity index is 503. The lowest BCUT2D eigenvalue weighted by molar-refractivity contribution is 0.0976. The molecular formula is C17H28N2O. The SMILES string of the molecule is Cc1cc2c(n1CC1CCN(C)C1)CC(C)(C)CC2O. The van der Waals surface area contributed by atoms with E-state index >= 15 is 0 Å². The molecule has 2 atom stereocenters. The van der Waals surface area contributed by atoms with Crippen molar-refractivity contribution in [3.05, 3.63) is 23.0 Å². The van der Waals surface area contributed by atoms with Gasteiger partial charge in [0.15, 0.2) is 0 Å². The fourth-order valence-corrected chi connectivity index (χ4v) is 4.09. The van der Waals surface area contributed by atoms with Crippen molar-refractivity contribution in [2.75, 3.05) is 20.1 Å². The summed E-state index contributed by atoms with van der Waals surface area (Å²) in [7, 11) is 2.21. The zero-order valence-corrected chi connectivity index (χ0v) is 13.3. The maximum atomic E-state index is 10.4. The first-order chi connectivity index (χ1) is 9.35. The molecule has 1 saturated heterocycles. The predicted octanol–water partition coefficient (Wildman–Crippen LogP) is 2.75. The molecule has 0 amide bonds. The van der Waals surface area contributed by atoms with Crippen LogP contribution in [0.15, 0.2) is 6.07 Å². The van der Waals surface area contributed by atoms with Gasteiger partial charge in [0, 0.05) is 30.0 Å². The lowest BCUT2D eigenvalue weighted by atomic mass is 9.75. The molecule has 1 aromatic heterocycles. The van der Waals surface area contributed by atoms with Gasteiger partial charge in [-0.3, -0.25) is 0 Å². The van der Waals surface area contributed by atoms with E-state index < -0.39 is 0 Å². The second kappa shape index (κ2) is 4.88. The summed E-state index contributed by atoms with van der Waals surface area (Å²) in [4.78, 5) is 2.43. The van der Waals surface area contributed by atoms with Crippen LogP contribution in [-0.2, 0) is 13.0 Å². The largest absolute Gasteiger partial charge is 0.388 e. The van der Waals surface area contributed by atoms with Gasteiger partial charge in [-0.15, -0.1) is 0 Å². The third kappa shape index (κ3) is 2.53. The summed E-state index contributed by atoms with van der Waals surface area (Å²) in [6, 6.07) is 2.22. The second-order valence-electron chi connectivity index (χ2n) is 7.78. The van der Waals surface area contributed by atoms with Crippen LogP contribution >= 0.6 is 0 Å². The van der Waals surface area contributed by atoms with Gasteiger partial charge in [-0.05, 0) is 57.2 Å². The third-order valence-electron chi connectivity index (χ3n) is 5.13. The molecule has 112 valence electrons. The van der Waals surface area contributed by atoms with E-state index in [1.54, 1.807) is 0 Å². The highest BCUT2D eigenvalue weighted by Crippen LogP contribution is 2.42. The van der Waals surface area contributed by atoms with Crippen molar-refractivity contribution in [1.29, 1.82) is 0 Å². The van der Waals surface area contributed by atoms with E-state index in [1.165, 1.54) is 36.5 Å². The number of aliphatic hydroxyl groups excluding tert-OH is 1. The summed E-state index contributed by atoms with van der Waals surface area (Å²) < 4.78 is 2.49. The Balaban J connectivity index is 1.88. The molecular weight excluding hydrogens is 248 g/mol. The fourth-order valence-electron chi connectivity index (χ4n) is 4.09. The number of aromatic nitrogens is 1. The van der Waals surface area contributed by atoms with Crippen molar-refractivity contribution in [3.63, 3.8) is 0 Å². The van der Waals surface area contributed by atoms with Crippen LogP contribution in [0.4, 0.5) is 0 Å². The molecule has 1 aliphatic heterocycles. The lowest BCUT2D eigenvalue weighted by Gasteiger charge is -2.34. The van der Waals surface area contributed by atoms with Crippen molar-refractivity contribution in [2.45, 2.75) is 52.7 Å². The molecule has 0 saturated carbocycles. The minimum atomic E-state index is -0.278. The van der Waals surface area contributed by atoms with Crippen molar-refractivity contribution < 1.29 is 5.11 Å². The Labute approximate surface area is 122 Å². The van der Waals surface area contributed by atoms with Gasteiger partial charge in [-0.25, -0.2) is 0 Å². The van der Waals surface area contributed by atoms with Gasteiger partial charge in [0.1, 0.15) is 0 Å². The third-order valence-corrected chi connectivity index (χ3v) is 5.13. The second-order valence-corrected chi connectivity index (χ2v) is 7.78. The smallest absolute Gasteiger partial charge is 0.0812 e. The van der Waals surface area contributed by atoms with Crippen LogP contribution in [0.5, 0.6) is 0 Å². The van der Waals surface area contributed by atoms with Crippen LogP contribution < -0.4 is 0 Å². The molecule has 2 unspecified atom stereocenters. The van der Waals surface area contributed by atoms with Gasteiger partial charge < -0.3 is 14.6 Å². The van der Waals surface area contributed by atoms with Crippen molar-refractivity contribution in [3.8, 4) is 0 Å². The summed E-state index contributed by atoms with van der Waals surface area (Å²) >= 11 is 0. The fraction of sp³-hybridized carbons (Fsp3) is 0.765. The molecule has 0 bridgehead atoms. The first-order valence-corrected chi connectivity index (χ1v) is 7.91. The van der Waals surface area contributed by atoms with E-state index in [9.17, 15) is 5.11 Å². The number of rotatable bonds is 2. The molecule has 1 N–H and O–H groups in total. The molecule has 2 heterocycles. The van der Waals surface area contributed by atoms with Gasteiger partial charge in [0.05, 0.1) is 6.10 Å². The highest BCUT2D eigenvalue weighted by Gasteiger charge is 2.34. The number of nitrogens with zero attached hydrogens (tertiary/aromatic N) is 2. The number of aliphatic hydroxyl groups is 1. The first-order valence-electron chi connectivity index (χ1n) is 7.91. The van der Waals surface area contributed by atoms with Crippen molar-refractivity contribution >= 4 is 0 Å². The molecule has 1 fully saturated rings. The molecule has 0 radical (unpaired) electrons. The minimum absolute atomic E-state index is 0.210. The van der Waals surface area contributed by atoms with Crippen LogP contribution in [0.25, 0.3) is 0 Å². The number of hydrogen-bond donors (Lipinski definition) is 1. The highest BCUT2D eigenvalue weighted by atomic mass is 16.3. The molecule has 20 heavy (non-hydrogen) atoms. The van der Waals surface area contributed by atoms with E-state index in [1.807, 2.05) is 0 Å².